The van der Waals surface area contributed by atoms with Crippen LogP contribution in [0.2, 0.25) is 0 Å². The Kier molecular flexibility index (Phi) is 5.23. The summed E-state index contributed by atoms with van der Waals surface area (Å²) >= 11 is 3.32. The van der Waals surface area contributed by atoms with E-state index in [0.29, 0.717) is 13.2 Å². The van der Waals surface area contributed by atoms with Crippen LogP contribution in [0.4, 0.5) is 4.79 Å². The molecule has 0 fully saturated rings. The molecule has 2 rings (SSSR count). The monoisotopic (exact) mass is 282 g/mol. The molecule has 0 aromatic carbocycles. The molecule has 3 nitrogen and oxygen atoms in total. The highest BCUT2D eigenvalue weighted by atomic mass is 32.1. The van der Waals surface area contributed by atoms with Gasteiger partial charge in [-0.2, -0.15) is 0 Å². The number of carbonyl (C=O) groups excluding carboxylic acids is 1. The first kappa shape index (κ1) is 13.1. The van der Waals surface area contributed by atoms with Crippen LogP contribution in [0.1, 0.15) is 9.75 Å². The van der Waals surface area contributed by atoms with Crippen molar-refractivity contribution in [3.8, 4) is 0 Å². The summed E-state index contributed by atoms with van der Waals surface area (Å²) in [5.41, 5.74) is 0. The van der Waals surface area contributed by atoms with Gasteiger partial charge in [0, 0.05) is 22.6 Å². The van der Waals surface area contributed by atoms with Crippen LogP contribution in [0.25, 0.3) is 0 Å². The molecule has 0 aliphatic heterocycles. The summed E-state index contributed by atoms with van der Waals surface area (Å²) in [4.78, 5) is 13.7. The van der Waals surface area contributed by atoms with E-state index in [-0.39, 0.29) is 0 Å². The molecule has 5 heteroatoms. The molecule has 0 bridgehead atoms. The molecular weight excluding hydrogens is 268 g/mol. The molecule has 2 heterocycles. The van der Waals surface area contributed by atoms with Crippen LogP contribution >= 0.6 is 22.7 Å². The molecule has 0 N–H and O–H groups in total. The van der Waals surface area contributed by atoms with E-state index >= 15 is 0 Å². The summed E-state index contributed by atoms with van der Waals surface area (Å²) in [5, 5.41) is 4.02. The average Bonchev–Trinajstić information content (AvgIpc) is 3.01. The Morgan fingerprint density at radius 1 is 0.944 bits per heavy atom. The zero-order valence-corrected chi connectivity index (χ0v) is 11.5. The Bertz CT molecular complexity index is 406. The van der Waals surface area contributed by atoms with E-state index in [1.54, 1.807) is 22.7 Å². The number of ether oxygens (including phenoxy) is 2. The molecule has 0 aliphatic rings. The van der Waals surface area contributed by atoms with Crippen molar-refractivity contribution >= 4 is 28.8 Å². The van der Waals surface area contributed by atoms with E-state index in [1.807, 2.05) is 35.0 Å². The lowest BCUT2D eigenvalue weighted by atomic mass is 10.4. The molecule has 2 aromatic heterocycles. The van der Waals surface area contributed by atoms with Crippen molar-refractivity contribution in [2.45, 2.75) is 12.8 Å². The molecule has 2 aromatic rings. The lowest BCUT2D eigenvalue weighted by molar-refractivity contribution is 0.0571. The van der Waals surface area contributed by atoms with Crippen molar-refractivity contribution in [2.75, 3.05) is 13.2 Å². The number of carbonyl (C=O) groups is 1. The van der Waals surface area contributed by atoms with Gasteiger partial charge in [0.25, 0.3) is 0 Å². The third-order valence-corrected chi connectivity index (χ3v) is 4.17. The standard InChI is InChI=1S/C13H14O3S2/c14-13(15-7-5-11-3-1-9-17-11)16-8-6-12-4-2-10-18-12/h1-4,9-10H,5-8H2. The smallest absolute Gasteiger partial charge is 0.434 e. The van der Waals surface area contributed by atoms with E-state index in [2.05, 4.69) is 0 Å². The van der Waals surface area contributed by atoms with E-state index in [0.717, 1.165) is 12.8 Å². The quantitative estimate of drug-likeness (QED) is 0.757. The molecule has 0 aliphatic carbocycles. The highest BCUT2D eigenvalue weighted by Gasteiger charge is 2.04. The topological polar surface area (TPSA) is 35.5 Å². The molecule has 0 radical (unpaired) electrons. The van der Waals surface area contributed by atoms with Gasteiger partial charge in [-0.05, 0) is 22.9 Å². The summed E-state index contributed by atoms with van der Waals surface area (Å²) in [6.45, 7) is 0.747. The first-order valence-electron chi connectivity index (χ1n) is 5.69. The molecule has 0 amide bonds. The fourth-order valence-corrected chi connectivity index (χ4v) is 2.80. The van der Waals surface area contributed by atoms with Gasteiger partial charge in [0.05, 0.1) is 13.2 Å². The van der Waals surface area contributed by atoms with Crippen LogP contribution in [0, 0.1) is 0 Å². The Balaban J connectivity index is 1.55. The molecular formula is C13H14O3S2. The third kappa shape index (κ3) is 4.50. The first-order valence-corrected chi connectivity index (χ1v) is 7.45. The second-order valence-corrected chi connectivity index (χ2v) is 5.67. The van der Waals surface area contributed by atoms with Crippen molar-refractivity contribution < 1.29 is 14.3 Å². The van der Waals surface area contributed by atoms with Crippen LogP contribution in [0.3, 0.4) is 0 Å². The van der Waals surface area contributed by atoms with Gasteiger partial charge in [-0.3, -0.25) is 0 Å². The fraction of sp³-hybridized carbons (Fsp3) is 0.308. The molecule has 0 spiro atoms. The van der Waals surface area contributed by atoms with Crippen molar-refractivity contribution in [2.24, 2.45) is 0 Å². The summed E-state index contributed by atoms with van der Waals surface area (Å²) in [6.07, 6.45) is 0.915. The SMILES string of the molecule is O=C(OCCc1cccs1)OCCc1cccs1. The van der Waals surface area contributed by atoms with Gasteiger partial charge >= 0.3 is 6.16 Å². The first-order chi connectivity index (χ1) is 8.84. The lowest BCUT2D eigenvalue weighted by Gasteiger charge is -2.04. The molecule has 0 unspecified atom stereocenters. The van der Waals surface area contributed by atoms with E-state index in [9.17, 15) is 4.79 Å². The maximum atomic E-state index is 11.3. The zero-order chi connectivity index (χ0) is 12.6. The van der Waals surface area contributed by atoms with Crippen LogP contribution in [-0.4, -0.2) is 19.4 Å². The third-order valence-electron chi connectivity index (χ3n) is 2.30. The predicted molar refractivity (Wildman–Crippen MR) is 73.3 cm³/mol. The maximum Gasteiger partial charge on any atom is 0.508 e. The zero-order valence-electron chi connectivity index (χ0n) is 9.83. The Labute approximate surface area is 114 Å². The Hall–Kier alpha value is -1.33. The highest BCUT2D eigenvalue weighted by Crippen LogP contribution is 2.10. The van der Waals surface area contributed by atoms with Gasteiger partial charge < -0.3 is 9.47 Å². The fourth-order valence-electron chi connectivity index (χ4n) is 1.42. The predicted octanol–water partition coefficient (Wildman–Crippen LogP) is 3.75. The molecule has 0 atom stereocenters. The second kappa shape index (κ2) is 7.18. The van der Waals surface area contributed by atoms with Gasteiger partial charge in [-0.1, -0.05) is 12.1 Å². The number of thiophene rings is 2. The minimum atomic E-state index is -0.580. The average molecular weight is 282 g/mol. The van der Waals surface area contributed by atoms with Gasteiger partial charge in [0.15, 0.2) is 0 Å². The van der Waals surface area contributed by atoms with Crippen molar-refractivity contribution in [1.29, 1.82) is 0 Å². The van der Waals surface area contributed by atoms with Crippen molar-refractivity contribution in [3.05, 3.63) is 44.8 Å². The van der Waals surface area contributed by atoms with Gasteiger partial charge in [0.1, 0.15) is 0 Å². The highest BCUT2D eigenvalue weighted by molar-refractivity contribution is 7.10. The second-order valence-electron chi connectivity index (χ2n) is 3.61. The summed E-state index contributed by atoms with van der Waals surface area (Å²) < 4.78 is 9.97. The Morgan fingerprint density at radius 2 is 1.44 bits per heavy atom. The van der Waals surface area contributed by atoms with E-state index < -0.39 is 6.16 Å². The molecule has 0 saturated carbocycles. The summed E-state index contributed by atoms with van der Waals surface area (Å²) in [5.74, 6) is 0. The normalized spacial score (nSPS) is 10.2. The largest absolute Gasteiger partial charge is 0.508 e. The van der Waals surface area contributed by atoms with Crippen molar-refractivity contribution in [3.63, 3.8) is 0 Å². The van der Waals surface area contributed by atoms with Crippen molar-refractivity contribution in [1.82, 2.24) is 0 Å². The van der Waals surface area contributed by atoms with Gasteiger partial charge in [-0.15, -0.1) is 22.7 Å². The Morgan fingerprint density at radius 3 is 1.83 bits per heavy atom. The van der Waals surface area contributed by atoms with Crippen LogP contribution in [0.5, 0.6) is 0 Å². The van der Waals surface area contributed by atoms with Gasteiger partial charge in [-0.25, -0.2) is 4.79 Å². The molecule has 96 valence electrons. The molecule has 0 saturated heterocycles. The van der Waals surface area contributed by atoms with E-state index in [1.165, 1.54) is 9.75 Å². The number of hydrogen-bond donors (Lipinski definition) is 0. The minimum Gasteiger partial charge on any atom is -0.434 e. The minimum absolute atomic E-state index is 0.373. The van der Waals surface area contributed by atoms with Gasteiger partial charge in [0.2, 0.25) is 0 Å². The van der Waals surface area contributed by atoms with Crippen LogP contribution in [-0.2, 0) is 22.3 Å². The van der Waals surface area contributed by atoms with E-state index in [4.69, 9.17) is 9.47 Å². The number of hydrogen-bond acceptors (Lipinski definition) is 5. The molecule has 18 heavy (non-hydrogen) atoms. The van der Waals surface area contributed by atoms with Crippen LogP contribution < -0.4 is 0 Å². The number of rotatable bonds is 6. The lowest BCUT2D eigenvalue weighted by Crippen LogP contribution is -2.11. The van der Waals surface area contributed by atoms with Crippen LogP contribution in [0.15, 0.2) is 35.0 Å². The summed E-state index contributed by atoms with van der Waals surface area (Å²) in [7, 11) is 0. The maximum absolute atomic E-state index is 11.3. The summed E-state index contributed by atoms with van der Waals surface area (Å²) in [6, 6.07) is 8.02.